The fraction of sp³-hybridized carbons (Fsp3) is 0.214. The SMILES string of the molecule is COc1cccnc1NCC(N)c1ccccc1. The normalized spacial score (nSPS) is 11.9. The molecule has 2 rings (SSSR count). The van der Waals surface area contributed by atoms with Crippen molar-refractivity contribution in [2.75, 3.05) is 19.0 Å². The second kappa shape index (κ2) is 6.02. The molecule has 94 valence electrons. The molecule has 1 aromatic heterocycles. The van der Waals surface area contributed by atoms with Crippen LogP contribution in [0.25, 0.3) is 0 Å². The Labute approximate surface area is 107 Å². The number of benzene rings is 1. The van der Waals surface area contributed by atoms with Crippen LogP contribution < -0.4 is 15.8 Å². The molecular formula is C14H17N3O. The lowest BCUT2D eigenvalue weighted by molar-refractivity contribution is 0.414. The molecule has 3 N–H and O–H groups in total. The van der Waals surface area contributed by atoms with Gasteiger partial charge in [-0.1, -0.05) is 30.3 Å². The van der Waals surface area contributed by atoms with E-state index >= 15 is 0 Å². The highest BCUT2D eigenvalue weighted by atomic mass is 16.5. The van der Waals surface area contributed by atoms with Crippen LogP contribution in [-0.4, -0.2) is 18.6 Å². The third-order valence-corrected chi connectivity index (χ3v) is 2.71. The van der Waals surface area contributed by atoms with E-state index in [1.54, 1.807) is 13.3 Å². The summed E-state index contributed by atoms with van der Waals surface area (Å²) in [7, 11) is 1.62. The Morgan fingerprint density at radius 2 is 2.00 bits per heavy atom. The average molecular weight is 243 g/mol. The Bertz CT molecular complexity index is 487. The predicted molar refractivity (Wildman–Crippen MR) is 72.6 cm³/mol. The molecule has 0 saturated heterocycles. The van der Waals surface area contributed by atoms with Crippen LogP contribution in [0.5, 0.6) is 5.75 Å². The summed E-state index contributed by atoms with van der Waals surface area (Å²) < 4.78 is 5.22. The maximum absolute atomic E-state index is 6.10. The molecule has 1 heterocycles. The smallest absolute Gasteiger partial charge is 0.168 e. The molecule has 1 atom stereocenters. The summed E-state index contributed by atoms with van der Waals surface area (Å²) >= 11 is 0. The van der Waals surface area contributed by atoms with Gasteiger partial charge in [0, 0.05) is 18.8 Å². The van der Waals surface area contributed by atoms with Gasteiger partial charge in [0.2, 0.25) is 0 Å². The molecule has 0 amide bonds. The molecule has 1 unspecified atom stereocenters. The summed E-state index contributed by atoms with van der Waals surface area (Å²) in [6, 6.07) is 13.6. The number of hydrogen-bond donors (Lipinski definition) is 2. The van der Waals surface area contributed by atoms with E-state index in [1.165, 1.54) is 0 Å². The zero-order valence-corrected chi connectivity index (χ0v) is 10.3. The molecule has 1 aromatic carbocycles. The lowest BCUT2D eigenvalue weighted by atomic mass is 10.1. The second-order valence-corrected chi connectivity index (χ2v) is 3.95. The molecule has 0 fully saturated rings. The number of nitrogens with one attached hydrogen (secondary N) is 1. The summed E-state index contributed by atoms with van der Waals surface area (Å²) in [5.41, 5.74) is 7.20. The molecule has 2 aromatic rings. The number of aromatic nitrogens is 1. The highest BCUT2D eigenvalue weighted by Crippen LogP contribution is 2.20. The Balaban J connectivity index is 1.99. The number of methoxy groups -OCH3 is 1. The summed E-state index contributed by atoms with van der Waals surface area (Å²) in [5, 5.41) is 3.20. The number of nitrogens with two attached hydrogens (primary N) is 1. The standard InChI is InChI=1S/C14H17N3O/c1-18-13-8-5-9-16-14(13)17-10-12(15)11-6-3-2-4-7-11/h2-9,12H,10,15H2,1H3,(H,16,17). The molecule has 0 bridgehead atoms. The monoisotopic (exact) mass is 243 g/mol. The number of hydrogen-bond acceptors (Lipinski definition) is 4. The quantitative estimate of drug-likeness (QED) is 0.845. The van der Waals surface area contributed by atoms with Crippen LogP contribution in [0.3, 0.4) is 0 Å². The number of anilines is 1. The Morgan fingerprint density at radius 1 is 1.22 bits per heavy atom. The van der Waals surface area contributed by atoms with E-state index in [-0.39, 0.29) is 6.04 Å². The molecule has 4 heteroatoms. The Kier molecular flexibility index (Phi) is 4.15. The molecule has 0 aliphatic rings. The van der Waals surface area contributed by atoms with Crippen LogP contribution in [0, 0.1) is 0 Å². The topological polar surface area (TPSA) is 60.2 Å². The van der Waals surface area contributed by atoms with Gasteiger partial charge in [-0.05, 0) is 17.7 Å². The lowest BCUT2D eigenvalue weighted by Gasteiger charge is -2.15. The van der Waals surface area contributed by atoms with Gasteiger partial charge >= 0.3 is 0 Å². The lowest BCUT2D eigenvalue weighted by Crippen LogP contribution is -2.21. The zero-order chi connectivity index (χ0) is 12.8. The average Bonchev–Trinajstić information content (AvgIpc) is 2.46. The van der Waals surface area contributed by atoms with Crippen LogP contribution in [0.2, 0.25) is 0 Å². The Morgan fingerprint density at radius 3 is 2.72 bits per heavy atom. The second-order valence-electron chi connectivity index (χ2n) is 3.95. The number of nitrogens with zero attached hydrogens (tertiary/aromatic N) is 1. The van der Waals surface area contributed by atoms with Gasteiger partial charge in [-0.2, -0.15) is 0 Å². The van der Waals surface area contributed by atoms with E-state index in [2.05, 4.69) is 10.3 Å². The summed E-state index contributed by atoms with van der Waals surface area (Å²) in [6.07, 6.45) is 1.72. The van der Waals surface area contributed by atoms with Crippen molar-refractivity contribution in [2.45, 2.75) is 6.04 Å². The first kappa shape index (κ1) is 12.4. The number of ether oxygens (including phenoxy) is 1. The molecule has 4 nitrogen and oxygen atoms in total. The minimum absolute atomic E-state index is 0.0714. The van der Waals surface area contributed by atoms with Crippen LogP contribution in [0.15, 0.2) is 48.7 Å². The first-order valence-electron chi connectivity index (χ1n) is 5.84. The molecule has 0 aliphatic heterocycles. The van der Waals surface area contributed by atoms with Crippen molar-refractivity contribution in [3.8, 4) is 5.75 Å². The van der Waals surface area contributed by atoms with E-state index in [0.29, 0.717) is 12.4 Å². The third-order valence-electron chi connectivity index (χ3n) is 2.71. The molecular weight excluding hydrogens is 226 g/mol. The maximum Gasteiger partial charge on any atom is 0.168 e. The van der Waals surface area contributed by atoms with E-state index in [1.807, 2.05) is 42.5 Å². The van der Waals surface area contributed by atoms with E-state index in [4.69, 9.17) is 10.5 Å². The summed E-state index contributed by atoms with van der Waals surface area (Å²) in [4.78, 5) is 4.22. The van der Waals surface area contributed by atoms with E-state index in [9.17, 15) is 0 Å². The number of pyridine rings is 1. The molecule has 0 aliphatic carbocycles. The van der Waals surface area contributed by atoms with Gasteiger partial charge in [0.25, 0.3) is 0 Å². The van der Waals surface area contributed by atoms with E-state index < -0.39 is 0 Å². The van der Waals surface area contributed by atoms with E-state index in [0.717, 1.165) is 11.3 Å². The van der Waals surface area contributed by atoms with Gasteiger partial charge in [-0.25, -0.2) is 4.98 Å². The Hall–Kier alpha value is -2.07. The largest absolute Gasteiger partial charge is 0.493 e. The van der Waals surface area contributed by atoms with Crippen LogP contribution in [0.1, 0.15) is 11.6 Å². The van der Waals surface area contributed by atoms with Crippen molar-refractivity contribution in [2.24, 2.45) is 5.73 Å². The van der Waals surface area contributed by atoms with Crippen molar-refractivity contribution >= 4 is 5.82 Å². The third kappa shape index (κ3) is 2.99. The molecule has 0 radical (unpaired) electrons. The fourth-order valence-corrected chi connectivity index (χ4v) is 1.71. The highest BCUT2D eigenvalue weighted by Gasteiger charge is 2.07. The van der Waals surface area contributed by atoms with Crippen molar-refractivity contribution in [3.63, 3.8) is 0 Å². The zero-order valence-electron chi connectivity index (χ0n) is 10.3. The van der Waals surface area contributed by atoms with Gasteiger partial charge in [0.05, 0.1) is 7.11 Å². The highest BCUT2D eigenvalue weighted by molar-refractivity contribution is 5.49. The van der Waals surface area contributed by atoms with Crippen molar-refractivity contribution < 1.29 is 4.74 Å². The minimum atomic E-state index is -0.0714. The summed E-state index contributed by atoms with van der Waals surface area (Å²) in [5.74, 6) is 1.43. The van der Waals surface area contributed by atoms with Gasteiger partial charge in [-0.15, -0.1) is 0 Å². The van der Waals surface area contributed by atoms with Crippen LogP contribution >= 0.6 is 0 Å². The van der Waals surface area contributed by atoms with Crippen molar-refractivity contribution in [1.82, 2.24) is 4.98 Å². The molecule has 18 heavy (non-hydrogen) atoms. The van der Waals surface area contributed by atoms with Crippen molar-refractivity contribution in [1.29, 1.82) is 0 Å². The first-order valence-corrected chi connectivity index (χ1v) is 5.84. The van der Waals surface area contributed by atoms with Gasteiger partial charge in [-0.3, -0.25) is 0 Å². The van der Waals surface area contributed by atoms with Crippen LogP contribution in [0.4, 0.5) is 5.82 Å². The first-order chi connectivity index (χ1) is 8.81. The summed E-state index contributed by atoms with van der Waals surface area (Å²) in [6.45, 7) is 0.609. The van der Waals surface area contributed by atoms with Gasteiger partial charge < -0.3 is 15.8 Å². The molecule has 0 spiro atoms. The van der Waals surface area contributed by atoms with Crippen LogP contribution in [-0.2, 0) is 0 Å². The number of rotatable bonds is 5. The predicted octanol–water partition coefficient (Wildman–Crippen LogP) is 2.20. The maximum atomic E-state index is 6.10. The molecule has 0 saturated carbocycles. The fourth-order valence-electron chi connectivity index (χ4n) is 1.71. The van der Waals surface area contributed by atoms with Gasteiger partial charge in [0.1, 0.15) is 0 Å². The van der Waals surface area contributed by atoms with Gasteiger partial charge in [0.15, 0.2) is 11.6 Å². The van der Waals surface area contributed by atoms with Crippen molar-refractivity contribution in [3.05, 3.63) is 54.2 Å². The minimum Gasteiger partial charge on any atom is -0.493 e.